The Kier molecular flexibility index (Phi) is 3.17. The van der Waals surface area contributed by atoms with Gasteiger partial charge in [-0.1, -0.05) is 0 Å². The number of hydrogen-bond donors (Lipinski definition) is 1. The van der Waals surface area contributed by atoms with Crippen LogP contribution in [0.25, 0.3) is 0 Å². The van der Waals surface area contributed by atoms with E-state index in [1.807, 2.05) is 0 Å². The smallest absolute Gasteiger partial charge is 0.343 e. The summed E-state index contributed by atoms with van der Waals surface area (Å²) in [5.74, 6) is -0.888. The lowest BCUT2D eigenvalue weighted by atomic mass is 10.2. The van der Waals surface area contributed by atoms with E-state index < -0.39 is 5.97 Å². The summed E-state index contributed by atoms with van der Waals surface area (Å²) in [6.45, 7) is 0. The van der Waals surface area contributed by atoms with Crippen LogP contribution in [0.1, 0.15) is 36.0 Å². The van der Waals surface area contributed by atoms with Gasteiger partial charge in [0.1, 0.15) is 17.4 Å². The molecule has 1 saturated carbocycles. The molecule has 5 heteroatoms. The maximum absolute atomic E-state index is 11.8. The molecule has 0 saturated heterocycles. The first-order valence-corrected chi connectivity index (χ1v) is 5.68. The van der Waals surface area contributed by atoms with Crippen molar-refractivity contribution in [3.63, 3.8) is 0 Å². The molecule has 1 aliphatic carbocycles. The molecule has 1 heterocycles. The summed E-state index contributed by atoms with van der Waals surface area (Å²) in [6.07, 6.45) is 5.12. The van der Waals surface area contributed by atoms with Crippen molar-refractivity contribution in [2.75, 3.05) is 0 Å². The molecule has 0 unspecified atom stereocenters. The third-order valence-electron chi connectivity index (χ3n) is 3.00. The molecular weight excluding hydrogens is 222 g/mol. The monoisotopic (exact) mass is 237 g/mol. The van der Waals surface area contributed by atoms with Crippen LogP contribution in [0.2, 0.25) is 0 Å². The molecule has 1 aromatic rings. The van der Waals surface area contributed by atoms with Gasteiger partial charge in [0.05, 0.1) is 0 Å². The fraction of sp³-hybridized carbons (Fsp3) is 0.500. The van der Waals surface area contributed by atoms with Crippen LogP contribution >= 0.6 is 0 Å². The number of aryl methyl sites for hydroxylation is 1. The number of esters is 1. The van der Waals surface area contributed by atoms with Gasteiger partial charge < -0.3 is 14.4 Å². The Bertz CT molecular complexity index is 486. The molecule has 1 N–H and O–H groups in total. The molecule has 92 valence electrons. The van der Waals surface area contributed by atoms with E-state index in [0.29, 0.717) is 0 Å². The SMILES string of the molecule is Cn1cc(C(=O)OC2CCCC2)c(O)cc1=O. The molecule has 2 rings (SSSR count). The van der Waals surface area contributed by atoms with Gasteiger partial charge in [-0.2, -0.15) is 0 Å². The minimum absolute atomic E-state index is 0.0407. The van der Waals surface area contributed by atoms with Crippen molar-refractivity contribution in [1.82, 2.24) is 4.57 Å². The lowest BCUT2D eigenvalue weighted by Crippen LogP contribution is -2.20. The van der Waals surface area contributed by atoms with E-state index in [1.165, 1.54) is 17.8 Å². The highest BCUT2D eigenvalue weighted by Gasteiger charge is 2.22. The first-order chi connectivity index (χ1) is 8.08. The molecule has 1 aliphatic rings. The second-order valence-corrected chi connectivity index (χ2v) is 4.33. The molecule has 0 bridgehead atoms. The first kappa shape index (κ1) is 11.7. The molecule has 0 atom stereocenters. The molecule has 0 aromatic carbocycles. The molecule has 0 aliphatic heterocycles. The van der Waals surface area contributed by atoms with Gasteiger partial charge in [0, 0.05) is 19.3 Å². The second-order valence-electron chi connectivity index (χ2n) is 4.33. The molecule has 1 aromatic heterocycles. The van der Waals surface area contributed by atoms with Crippen molar-refractivity contribution in [2.45, 2.75) is 31.8 Å². The fourth-order valence-electron chi connectivity index (χ4n) is 2.00. The molecule has 0 radical (unpaired) electrons. The summed E-state index contributed by atoms with van der Waals surface area (Å²) in [6, 6.07) is 1.02. The summed E-state index contributed by atoms with van der Waals surface area (Å²) < 4.78 is 6.50. The Hall–Kier alpha value is -1.78. The maximum Gasteiger partial charge on any atom is 0.343 e. The highest BCUT2D eigenvalue weighted by molar-refractivity contribution is 5.92. The van der Waals surface area contributed by atoms with Gasteiger partial charge in [0.15, 0.2) is 0 Å². The lowest BCUT2D eigenvalue weighted by molar-refractivity contribution is 0.0313. The lowest BCUT2D eigenvalue weighted by Gasteiger charge is -2.12. The second kappa shape index (κ2) is 4.61. The van der Waals surface area contributed by atoms with E-state index in [4.69, 9.17) is 4.74 Å². The number of aromatic nitrogens is 1. The number of pyridine rings is 1. The van der Waals surface area contributed by atoms with Gasteiger partial charge in [-0.3, -0.25) is 4.79 Å². The van der Waals surface area contributed by atoms with E-state index in [-0.39, 0.29) is 23.0 Å². The number of ether oxygens (including phenoxy) is 1. The number of nitrogens with zero attached hydrogens (tertiary/aromatic N) is 1. The van der Waals surface area contributed by atoms with Crippen LogP contribution in [-0.4, -0.2) is 21.7 Å². The summed E-state index contributed by atoms with van der Waals surface area (Å²) in [5, 5.41) is 9.55. The zero-order valence-corrected chi connectivity index (χ0v) is 9.68. The molecule has 17 heavy (non-hydrogen) atoms. The normalized spacial score (nSPS) is 16.1. The van der Waals surface area contributed by atoms with E-state index in [1.54, 1.807) is 0 Å². The molecule has 1 fully saturated rings. The van der Waals surface area contributed by atoms with Crippen LogP contribution < -0.4 is 5.56 Å². The zero-order valence-electron chi connectivity index (χ0n) is 9.68. The quantitative estimate of drug-likeness (QED) is 0.784. The van der Waals surface area contributed by atoms with Gasteiger partial charge in [0.25, 0.3) is 5.56 Å². The van der Waals surface area contributed by atoms with Gasteiger partial charge in [0.2, 0.25) is 0 Å². The first-order valence-electron chi connectivity index (χ1n) is 5.68. The molecule has 5 nitrogen and oxygen atoms in total. The van der Waals surface area contributed by atoms with Crippen LogP contribution in [0.4, 0.5) is 0 Å². The number of rotatable bonds is 2. The minimum Gasteiger partial charge on any atom is -0.507 e. The van der Waals surface area contributed by atoms with E-state index >= 15 is 0 Å². The van der Waals surface area contributed by atoms with Gasteiger partial charge in [-0.05, 0) is 25.7 Å². The third kappa shape index (κ3) is 2.49. The van der Waals surface area contributed by atoms with Crippen molar-refractivity contribution in [3.05, 3.63) is 28.2 Å². The highest BCUT2D eigenvalue weighted by Crippen LogP contribution is 2.23. The largest absolute Gasteiger partial charge is 0.507 e. The van der Waals surface area contributed by atoms with Crippen molar-refractivity contribution < 1.29 is 14.6 Å². The predicted molar refractivity (Wildman–Crippen MR) is 61.0 cm³/mol. The Morgan fingerprint density at radius 3 is 2.76 bits per heavy atom. The van der Waals surface area contributed by atoms with Gasteiger partial charge in [-0.25, -0.2) is 4.79 Å². The van der Waals surface area contributed by atoms with Gasteiger partial charge >= 0.3 is 5.97 Å². The summed E-state index contributed by atoms with van der Waals surface area (Å²) in [7, 11) is 1.52. The number of aromatic hydroxyl groups is 1. The average Bonchev–Trinajstić information content (AvgIpc) is 2.76. The molecular formula is C12H15NO4. The van der Waals surface area contributed by atoms with E-state index in [2.05, 4.69) is 0 Å². The van der Waals surface area contributed by atoms with E-state index in [0.717, 1.165) is 31.7 Å². The van der Waals surface area contributed by atoms with Crippen LogP contribution in [0, 0.1) is 0 Å². The summed E-state index contributed by atoms with van der Waals surface area (Å²) in [4.78, 5) is 23.0. The topological polar surface area (TPSA) is 68.5 Å². The maximum atomic E-state index is 11.8. The summed E-state index contributed by atoms with van der Waals surface area (Å²) in [5.41, 5.74) is -0.320. The molecule has 0 spiro atoms. The Balaban J connectivity index is 2.18. The van der Waals surface area contributed by atoms with Crippen LogP contribution in [0.3, 0.4) is 0 Å². The van der Waals surface area contributed by atoms with Crippen LogP contribution in [0.5, 0.6) is 5.75 Å². The third-order valence-corrected chi connectivity index (χ3v) is 3.00. The van der Waals surface area contributed by atoms with E-state index in [9.17, 15) is 14.7 Å². The van der Waals surface area contributed by atoms with Crippen LogP contribution in [-0.2, 0) is 11.8 Å². The average molecular weight is 237 g/mol. The highest BCUT2D eigenvalue weighted by atomic mass is 16.5. The van der Waals surface area contributed by atoms with Crippen molar-refractivity contribution in [3.8, 4) is 5.75 Å². The Morgan fingerprint density at radius 1 is 1.47 bits per heavy atom. The molecule has 0 amide bonds. The van der Waals surface area contributed by atoms with Gasteiger partial charge in [-0.15, -0.1) is 0 Å². The number of hydrogen-bond acceptors (Lipinski definition) is 4. The Labute approximate surface area is 98.6 Å². The number of carbonyl (C=O) groups excluding carboxylic acids is 1. The van der Waals surface area contributed by atoms with Crippen molar-refractivity contribution >= 4 is 5.97 Å². The summed E-state index contributed by atoms with van der Waals surface area (Å²) >= 11 is 0. The number of carbonyl (C=O) groups is 1. The fourth-order valence-corrected chi connectivity index (χ4v) is 2.00. The standard InChI is InChI=1S/C12H15NO4/c1-13-7-9(10(14)6-11(13)15)12(16)17-8-4-2-3-5-8/h6-8,14H,2-5H2,1H3. The zero-order chi connectivity index (χ0) is 12.4. The Morgan fingerprint density at radius 2 is 2.12 bits per heavy atom. The van der Waals surface area contributed by atoms with Crippen molar-refractivity contribution in [1.29, 1.82) is 0 Å². The predicted octanol–water partition coefficient (Wildman–Crippen LogP) is 1.19. The van der Waals surface area contributed by atoms with Crippen LogP contribution in [0.15, 0.2) is 17.1 Å². The minimum atomic E-state index is -0.565. The van der Waals surface area contributed by atoms with Crippen molar-refractivity contribution in [2.24, 2.45) is 7.05 Å².